The molecule has 0 aliphatic rings. The van der Waals surface area contributed by atoms with Crippen LogP contribution in [0.15, 0.2) is 77.7 Å². The normalized spacial score (nSPS) is 11.1. The summed E-state index contributed by atoms with van der Waals surface area (Å²) in [6.45, 7) is 5.25. The number of carboxylic acid groups (broad SMARTS) is 1. The van der Waals surface area contributed by atoms with E-state index >= 15 is 0 Å². The first-order valence-corrected chi connectivity index (χ1v) is 19.4. The number of aromatic nitrogens is 4. The molecular weight excluding hydrogens is 830 g/mol. The Hall–Kier alpha value is -6.54. The first kappa shape index (κ1) is 47.1. The third kappa shape index (κ3) is 15.2. The molecule has 0 saturated heterocycles. The van der Waals surface area contributed by atoms with Crippen molar-refractivity contribution in [2.24, 2.45) is 5.73 Å². The Morgan fingerprint density at radius 1 is 0.902 bits per heavy atom. The number of rotatable bonds is 19. The van der Waals surface area contributed by atoms with Crippen molar-refractivity contribution in [1.29, 1.82) is 0 Å². The van der Waals surface area contributed by atoms with Gasteiger partial charge in [-0.15, -0.1) is 0 Å². The number of hydrogen-bond donors (Lipinski definition) is 5. The number of carbonyl (C=O) groups excluding carboxylic acids is 3. The number of hydrogen-bond acceptors (Lipinski definition) is 15. The fraction of sp³-hybridized carbons (Fsp3) is 0.282. The van der Waals surface area contributed by atoms with E-state index in [1.165, 1.54) is 18.3 Å². The van der Waals surface area contributed by atoms with Gasteiger partial charge in [0.2, 0.25) is 11.9 Å². The number of aromatic amines is 1. The summed E-state index contributed by atoms with van der Waals surface area (Å²) in [5.74, 6) is -4.17. The number of nitrogens with two attached hydrogens (primary N) is 2. The minimum absolute atomic E-state index is 0.00258. The topological polar surface area (TPSA) is 270 Å². The molecule has 5 aromatic rings. The molecule has 0 spiro atoms. The second-order valence-electron chi connectivity index (χ2n) is 12.4. The molecule has 0 atom stereocenters. The number of aliphatic carboxylic acids is 1. The molecule has 5 rings (SSSR count). The number of nitrogens with one attached hydrogen (secondary N) is 2. The monoisotopic (exact) mass is 871 g/mol. The molecule has 0 unspecified atom stereocenters. The van der Waals surface area contributed by atoms with Gasteiger partial charge < -0.3 is 44.9 Å². The first-order valence-electron chi connectivity index (χ1n) is 18.3. The third-order valence-corrected chi connectivity index (χ3v) is 9.18. The van der Waals surface area contributed by atoms with Gasteiger partial charge in [-0.3, -0.25) is 24.2 Å². The van der Waals surface area contributed by atoms with Gasteiger partial charge in [-0.1, -0.05) is 12.1 Å². The maximum absolute atomic E-state index is 13.2. The van der Waals surface area contributed by atoms with Crippen LogP contribution < -0.4 is 31.8 Å². The van der Waals surface area contributed by atoms with Crippen molar-refractivity contribution < 1.29 is 60.5 Å². The van der Waals surface area contributed by atoms with Crippen LogP contribution in [0.3, 0.4) is 0 Å². The van der Waals surface area contributed by atoms with Gasteiger partial charge in [-0.25, -0.2) is 14.8 Å². The van der Waals surface area contributed by atoms with Crippen LogP contribution in [0.5, 0.6) is 11.5 Å². The van der Waals surface area contributed by atoms with Crippen LogP contribution >= 0.6 is 8.60 Å². The van der Waals surface area contributed by atoms with Gasteiger partial charge in [-0.2, -0.15) is 18.2 Å². The first-order chi connectivity index (χ1) is 29.1. The average Bonchev–Trinajstić information content (AvgIpc) is 3.21. The minimum atomic E-state index is -4.75. The summed E-state index contributed by atoms with van der Waals surface area (Å²) < 4.78 is 66.1. The Morgan fingerprint density at radius 2 is 1.59 bits per heavy atom. The summed E-state index contributed by atoms with van der Waals surface area (Å²) in [7, 11) is -1.43. The number of benzene rings is 3. The number of nitrogens with zero attached hydrogens (tertiary/aromatic N) is 3. The molecule has 0 radical (unpaired) electrons. The predicted molar refractivity (Wildman–Crippen MR) is 214 cm³/mol. The van der Waals surface area contributed by atoms with E-state index in [-0.39, 0.29) is 42.1 Å². The van der Waals surface area contributed by atoms with E-state index in [2.05, 4.69) is 25.3 Å². The number of alkyl halides is 3. The van der Waals surface area contributed by atoms with E-state index in [9.17, 15) is 37.1 Å². The van der Waals surface area contributed by atoms with Crippen molar-refractivity contribution in [3.63, 3.8) is 0 Å². The zero-order valence-electron chi connectivity index (χ0n) is 32.7. The summed E-state index contributed by atoms with van der Waals surface area (Å²) in [6, 6.07) is 15.1. The lowest BCUT2D eigenvalue weighted by molar-refractivity contribution is -0.140. The Balaban J connectivity index is 0.000000301. The van der Waals surface area contributed by atoms with Gasteiger partial charge in [-0.05, 0) is 86.8 Å². The lowest BCUT2D eigenvalue weighted by atomic mass is 10.1. The quantitative estimate of drug-likeness (QED) is 0.0364. The summed E-state index contributed by atoms with van der Waals surface area (Å²) in [6.07, 6.45) is -3.48. The zero-order chi connectivity index (χ0) is 44.5. The number of fused-ring (bicyclic) bond motifs is 1. The van der Waals surface area contributed by atoms with Crippen molar-refractivity contribution >= 4 is 55.2 Å². The standard InChI is InChI=1S/C25H28F3O9P.C14H13N7O2/c1-3-33-38(34-4-2)35-15-14-17-8-11-19(12-9-17)36-24(32)20-13-10-18(25(26,27)28)16-21(20)37-23(31)7-5-6-22(29)30;15-11(22)7-1-3-8(4-2-7)17-5-9-6-18-12-10(19-9)13(23)21-14(16)20-12/h8-13,16H,3-7,14-15H2,1-2H3,(H,29,30);1-4,6,17H,5H2,(H2,15,22)(H3,16,18,20,21,23). The number of carbonyl (C=O) groups is 4. The zero-order valence-corrected chi connectivity index (χ0v) is 33.6. The number of halogens is 3. The summed E-state index contributed by atoms with van der Waals surface area (Å²) in [5, 5.41) is 11.8. The largest absolute Gasteiger partial charge is 0.481 e. The third-order valence-electron chi connectivity index (χ3n) is 7.84. The van der Waals surface area contributed by atoms with Gasteiger partial charge in [0, 0.05) is 24.1 Å². The van der Waals surface area contributed by atoms with Gasteiger partial charge in [0.05, 0.1) is 43.8 Å². The van der Waals surface area contributed by atoms with E-state index in [0.717, 1.165) is 17.3 Å². The molecule has 0 bridgehead atoms. The molecule has 324 valence electrons. The summed E-state index contributed by atoms with van der Waals surface area (Å²) in [4.78, 5) is 72.7. The molecule has 0 saturated carbocycles. The molecule has 7 N–H and O–H groups in total. The maximum Gasteiger partial charge on any atom is 0.416 e. The highest BCUT2D eigenvalue weighted by atomic mass is 31.2. The molecule has 0 fully saturated rings. The molecule has 0 aliphatic heterocycles. The number of nitrogen functional groups attached to an aromatic ring is 1. The summed E-state index contributed by atoms with van der Waals surface area (Å²) >= 11 is 0. The molecule has 0 aliphatic carbocycles. The maximum atomic E-state index is 13.2. The van der Waals surface area contributed by atoms with Crippen molar-refractivity contribution in [2.75, 3.05) is 30.9 Å². The molecule has 22 heteroatoms. The number of H-pyrrole nitrogens is 1. The summed E-state index contributed by atoms with van der Waals surface area (Å²) in [5.41, 5.74) is 11.6. The Bertz CT molecular complexity index is 2340. The molecule has 2 heterocycles. The number of amides is 1. The highest BCUT2D eigenvalue weighted by molar-refractivity contribution is 7.41. The minimum Gasteiger partial charge on any atom is -0.481 e. The lowest BCUT2D eigenvalue weighted by Crippen LogP contribution is -2.16. The number of anilines is 2. The fourth-order valence-corrected chi connectivity index (χ4v) is 5.84. The second kappa shape index (κ2) is 22.7. The van der Waals surface area contributed by atoms with Crippen molar-refractivity contribution in [3.05, 3.63) is 111 Å². The number of carboxylic acids is 1. The van der Waals surface area contributed by atoms with Crippen LogP contribution in [-0.4, -0.2) is 68.7 Å². The Labute approximate surface area is 346 Å². The number of esters is 2. The van der Waals surface area contributed by atoms with Crippen LogP contribution in [0, 0.1) is 0 Å². The van der Waals surface area contributed by atoms with Gasteiger partial charge in [0.1, 0.15) is 17.1 Å². The van der Waals surface area contributed by atoms with Gasteiger partial charge >= 0.3 is 32.7 Å². The lowest BCUT2D eigenvalue weighted by Gasteiger charge is -2.15. The van der Waals surface area contributed by atoms with E-state index in [1.54, 1.807) is 36.4 Å². The molecule has 61 heavy (non-hydrogen) atoms. The predicted octanol–water partition coefficient (Wildman–Crippen LogP) is 5.95. The smallest absolute Gasteiger partial charge is 0.416 e. The van der Waals surface area contributed by atoms with E-state index < -0.39 is 61.0 Å². The van der Waals surface area contributed by atoms with Crippen LogP contribution in [0.1, 0.15) is 70.6 Å². The van der Waals surface area contributed by atoms with Gasteiger partial charge in [0.25, 0.3) is 5.56 Å². The highest BCUT2D eigenvalue weighted by Gasteiger charge is 2.32. The second-order valence-corrected chi connectivity index (χ2v) is 13.6. The van der Waals surface area contributed by atoms with E-state index in [1.807, 2.05) is 13.8 Å². The van der Waals surface area contributed by atoms with Crippen molar-refractivity contribution in [1.82, 2.24) is 19.9 Å². The van der Waals surface area contributed by atoms with E-state index in [0.29, 0.717) is 56.2 Å². The van der Waals surface area contributed by atoms with Gasteiger partial charge in [0.15, 0.2) is 11.2 Å². The fourth-order valence-electron chi connectivity index (χ4n) is 4.96. The van der Waals surface area contributed by atoms with Crippen LogP contribution in [-0.2, 0) is 42.3 Å². The number of ether oxygens (including phenoxy) is 2. The van der Waals surface area contributed by atoms with Crippen molar-refractivity contribution in [2.45, 2.75) is 52.3 Å². The van der Waals surface area contributed by atoms with Crippen LogP contribution in [0.25, 0.3) is 11.2 Å². The molecule has 3 aromatic carbocycles. The molecule has 2 aromatic heterocycles. The van der Waals surface area contributed by atoms with Crippen molar-refractivity contribution in [3.8, 4) is 11.5 Å². The van der Waals surface area contributed by atoms with Crippen LogP contribution in [0.2, 0.25) is 0 Å². The SMILES string of the molecule is CCOP(OCC)OCCc1ccc(OC(=O)c2ccc(C(F)(F)F)cc2OC(=O)CCCC(=O)O)cc1.NC(=O)c1ccc(NCc2cnc3nc(N)[nH]c(=O)c3n2)cc1. The average molecular weight is 872 g/mol. The Kier molecular flexibility index (Phi) is 17.6. The molecule has 18 nitrogen and oxygen atoms in total. The highest BCUT2D eigenvalue weighted by Crippen LogP contribution is 2.39. The number of primary amides is 1. The Morgan fingerprint density at radius 3 is 2.21 bits per heavy atom. The van der Waals surface area contributed by atoms with E-state index in [4.69, 9.17) is 39.6 Å². The molecule has 1 amide bonds. The molecular formula is C39H41F3N7O11P. The van der Waals surface area contributed by atoms with Crippen LogP contribution in [0.4, 0.5) is 24.8 Å².